The fraction of sp³-hybridized carbons (Fsp3) is 0.400. The Hall–Kier alpha value is -2.40. The molecule has 0 unspecified atom stereocenters. The molecule has 5 nitrogen and oxygen atoms in total. The molecule has 3 rings (SSSR count). The number of rotatable bonds is 5. The monoisotopic (exact) mass is 340 g/mol. The predicted molar refractivity (Wildman–Crippen MR) is 96.6 cm³/mol. The molecule has 1 fully saturated rings. The van der Waals surface area contributed by atoms with Crippen LogP contribution in [0.4, 0.5) is 0 Å². The van der Waals surface area contributed by atoms with Crippen LogP contribution < -0.4 is 4.74 Å². The van der Waals surface area contributed by atoms with Crippen LogP contribution in [0.3, 0.4) is 0 Å². The van der Waals surface area contributed by atoms with Gasteiger partial charge in [-0.3, -0.25) is 9.78 Å². The second-order valence-corrected chi connectivity index (χ2v) is 6.72. The standard InChI is InChI=1S/C20H24N2O3/c1-22(14-20(24)10-4-5-11-20)19(23)15-8-9-18(25-2)16(13-15)17-7-3-6-12-21-17/h3,6-9,12-13,24H,4-5,10-11,14H2,1-2H3. The molecule has 0 spiro atoms. The number of hydrogen-bond donors (Lipinski definition) is 1. The first kappa shape index (κ1) is 17.4. The van der Waals surface area contributed by atoms with Crippen LogP contribution in [0.15, 0.2) is 42.6 Å². The third-order valence-electron chi connectivity index (χ3n) is 4.80. The summed E-state index contributed by atoms with van der Waals surface area (Å²) in [7, 11) is 3.34. The summed E-state index contributed by atoms with van der Waals surface area (Å²) in [6, 6.07) is 11.0. The lowest BCUT2D eigenvalue weighted by Gasteiger charge is -2.28. The molecular formula is C20H24N2O3. The van der Waals surface area contributed by atoms with E-state index in [4.69, 9.17) is 4.74 Å². The molecule has 1 aromatic carbocycles. The Kier molecular flexibility index (Phi) is 5.04. The molecule has 1 amide bonds. The van der Waals surface area contributed by atoms with Crippen molar-refractivity contribution in [1.29, 1.82) is 0 Å². The summed E-state index contributed by atoms with van der Waals surface area (Å²) in [5, 5.41) is 10.5. The maximum atomic E-state index is 12.8. The highest BCUT2D eigenvalue weighted by molar-refractivity contribution is 5.96. The van der Waals surface area contributed by atoms with Crippen LogP contribution in [0.1, 0.15) is 36.0 Å². The summed E-state index contributed by atoms with van der Waals surface area (Å²) in [4.78, 5) is 18.8. The van der Waals surface area contributed by atoms with Gasteiger partial charge in [-0.2, -0.15) is 0 Å². The number of nitrogens with zero attached hydrogens (tertiary/aromatic N) is 2. The van der Waals surface area contributed by atoms with Crippen molar-refractivity contribution in [3.8, 4) is 17.0 Å². The van der Waals surface area contributed by atoms with E-state index in [2.05, 4.69) is 4.98 Å². The number of benzene rings is 1. The quantitative estimate of drug-likeness (QED) is 0.908. The zero-order valence-corrected chi connectivity index (χ0v) is 14.7. The van der Waals surface area contributed by atoms with E-state index in [-0.39, 0.29) is 5.91 Å². The number of aliphatic hydroxyl groups is 1. The Morgan fingerprint density at radius 2 is 2.04 bits per heavy atom. The zero-order valence-electron chi connectivity index (χ0n) is 14.7. The maximum absolute atomic E-state index is 12.8. The van der Waals surface area contributed by atoms with Crippen molar-refractivity contribution in [3.05, 3.63) is 48.2 Å². The van der Waals surface area contributed by atoms with Crippen molar-refractivity contribution in [3.63, 3.8) is 0 Å². The van der Waals surface area contributed by atoms with Gasteiger partial charge in [-0.15, -0.1) is 0 Å². The maximum Gasteiger partial charge on any atom is 0.253 e. The smallest absolute Gasteiger partial charge is 0.253 e. The second-order valence-electron chi connectivity index (χ2n) is 6.72. The number of aromatic nitrogens is 1. The average molecular weight is 340 g/mol. The van der Waals surface area contributed by atoms with E-state index in [1.807, 2.05) is 18.2 Å². The lowest BCUT2D eigenvalue weighted by Crippen LogP contribution is -2.42. The number of carbonyl (C=O) groups is 1. The van der Waals surface area contributed by atoms with Gasteiger partial charge >= 0.3 is 0 Å². The summed E-state index contributed by atoms with van der Waals surface area (Å²) in [6.07, 6.45) is 5.26. The summed E-state index contributed by atoms with van der Waals surface area (Å²) >= 11 is 0. The van der Waals surface area contributed by atoms with Gasteiger partial charge in [0.25, 0.3) is 5.91 Å². The minimum atomic E-state index is -0.749. The highest BCUT2D eigenvalue weighted by atomic mass is 16.5. The molecule has 0 atom stereocenters. The Morgan fingerprint density at radius 1 is 1.28 bits per heavy atom. The largest absolute Gasteiger partial charge is 0.496 e. The van der Waals surface area contributed by atoms with Crippen molar-refractivity contribution in [1.82, 2.24) is 9.88 Å². The minimum absolute atomic E-state index is 0.111. The lowest BCUT2D eigenvalue weighted by atomic mass is 10.0. The summed E-state index contributed by atoms with van der Waals surface area (Å²) in [5.41, 5.74) is 1.35. The molecule has 1 saturated carbocycles. The van der Waals surface area contributed by atoms with Crippen LogP contribution in [0.25, 0.3) is 11.3 Å². The number of pyridine rings is 1. The van der Waals surface area contributed by atoms with E-state index in [1.54, 1.807) is 43.5 Å². The van der Waals surface area contributed by atoms with Gasteiger partial charge in [-0.05, 0) is 43.2 Å². The van der Waals surface area contributed by atoms with Gasteiger partial charge in [0.15, 0.2) is 0 Å². The van der Waals surface area contributed by atoms with Gasteiger partial charge < -0.3 is 14.7 Å². The molecular weight excluding hydrogens is 316 g/mol. The SMILES string of the molecule is COc1ccc(C(=O)N(C)CC2(O)CCCC2)cc1-c1ccccn1. The predicted octanol–water partition coefficient (Wildman–Crippen LogP) is 3.13. The average Bonchev–Trinajstić information content (AvgIpc) is 3.07. The molecule has 25 heavy (non-hydrogen) atoms. The Morgan fingerprint density at radius 3 is 2.68 bits per heavy atom. The van der Waals surface area contributed by atoms with E-state index in [1.165, 1.54) is 0 Å². The van der Waals surface area contributed by atoms with Crippen molar-refractivity contribution >= 4 is 5.91 Å². The molecule has 5 heteroatoms. The van der Waals surface area contributed by atoms with Gasteiger partial charge in [-0.25, -0.2) is 0 Å². The molecule has 1 aliphatic carbocycles. The molecule has 0 radical (unpaired) electrons. The van der Waals surface area contributed by atoms with Crippen molar-refractivity contribution in [2.45, 2.75) is 31.3 Å². The lowest BCUT2D eigenvalue weighted by molar-refractivity contribution is 0.0157. The number of methoxy groups -OCH3 is 1. The van der Waals surface area contributed by atoms with Gasteiger partial charge in [0.1, 0.15) is 5.75 Å². The van der Waals surface area contributed by atoms with E-state index in [9.17, 15) is 9.90 Å². The molecule has 132 valence electrons. The molecule has 1 aliphatic rings. The number of hydrogen-bond acceptors (Lipinski definition) is 4. The molecule has 1 aromatic heterocycles. The molecule has 0 bridgehead atoms. The Labute approximate surface area is 148 Å². The van der Waals surface area contributed by atoms with Crippen molar-refractivity contribution < 1.29 is 14.6 Å². The van der Waals surface area contributed by atoms with Crippen LogP contribution >= 0.6 is 0 Å². The summed E-state index contributed by atoms with van der Waals surface area (Å²) < 4.78 is 5.41. The third kappa shape index (κ3) is 3.82. The van der Waals surface area contributed by atoms with Gasteiger partial charge in [0, 0.05) is 30.9 Å². The number of likely N-dealkylation sites (N-methyl/N-ethyl adjacent to an activating group) is 1. The van der Waals surface area contributed by atoms with Crippen LogP contribution in [0, 0.1) is 0 Å². The van der Waals surface area contributed by atoms with E-state index in [0.29, 0.717) is 17.9 Å². The van der Waals surface area contributed by atoms with Gasteiger partial charge in [-0.1, -0.05) is 18.9 Å². The Bertz CT molecular complexity index is 740. The van der Waals surface area contributed by atoms with Gasteiger partial charge in [0.2, 0.25) is 0 Å². The molecule has 2 aromatic rings. The molecule has 1 N–H and O–H groups in total. The number of carbonyl (C=O) groups excluding carboxylic acids is 1. The summed E-state index contributed by atoms with van der Waals surface area (Å²) in [5.74, 6) is 0.562. The van der Waals surface area contributed by atoms with Crippen LogP contribution in [0.5, 0.6) is 5.75 Å². The van der Waals surface area contributed by atoms with Crippen molar-refractivity contribution in [2.24, 2.45) is 0 Å². The summed E-state index contributed by atoms with van der Waals surface area (Å²) in [6.45, 7) is 0.358. The highest BCUT2D eigenvalue weighted by Gasteiger charge is 2.33. The zero-order chi connectivity index (χ0) is 17.9. The van der Waals surface area contributed by atoms with E-state index >= 15 is 0 Å². The van der Waals surface area contributed by atoms with E-state index < -0.39 is 5.60 Å². The molecule has 0 aliphatic heterocycles. The first-order valence-corrected chi connectivity index (χ1v) is 8.60. The minimum Gasteiger partial charge on any atom is -0.496 e. The third-order valence-corrected chi connectivity index (χ3v) is 4.80. The highest BCUT2D eigenvalue weighted by Crippen LogP contribution is 2.32. The normalized spacial score (nSPS) is 15.8. The van der Waals surface area contributed by atoms with Crippen LogP contribution in [0.2, 0.25) is 0 Å². The molecule has 1 heterocycles. The second kappa shape index (κ2) is 7.23. The van der Waals surface area contributed by atoms with Crippen LogP contribution in [-0.4, -0.2) is 47.2 Å². The topological polar surface area (TPSA) is 62.7 Å². The fourth-order valence-corrected chi connectivity index (χ4v) is 3.49. The van der Waals surface area contributed by atoms with Crippen LogP contribution in [-0.2, 0) is 0 Å². The van der Waals surface area contributed by atoms with Gasteiger partial charge in [0.05, 0.1) is 18.4 Å². The Balaban J connectivity index is 1.85. The van der Waals surface area contributed by atoms with E-state index in [0.717, 1.165) is 36.9 Å². The first-order chi connectivity index (χ1) is 12.0. The number of amides is 1. The van der Waals surface area contributed by atoms with Crippen molar-refractivity contribution in [2.75, 3.05) is 20.7 Å². The first-order valence-electron chi connectivity index (χ1n) is 8.60. The fourth-order valence-electron chi connectivity index (χ4n) is 3.49. The number of ether oxygens (including phenoxy) is 1. The molecule has 0 saturated heterocycles.